The van der Waals surface area contributed by atoms with Gasteiger partial charge in [-0.3, -0.25) is 10.4 Å². The minimum Gasteiger partial charge on any atom is -0.504 e. The molecule has 5 heteroatoms. The number of benzene rings is 1. The van der Waals surface area contributed by atoms with Gasteiger partial charge in [0.2, 0.25) is 0 Å². The van der Waals surface area contributed by atoms with Crippen LogP contribution in [0.4, 0.5) is 0 Å². The molecule has 0 aromatic heterocycles. The average Bonchev–Trinajstić information content (AvgIpc) is 2.20. The first kappa shape index (κ1) is 11.0. The van der Waals surface area contributed by atoms with Crippen LogP contribution in [0, 0.1) is 5.41 Å². The molecule has 0 aliphatic carbocycles. The van der Waals surface area contributed by atoms with E-state index in [0.717, 1.165) is 0 Å². The van der Waals surface area contributed by atoms with Crippen LogP contribution >= 0.6 is 0 Å². The molecule has 0 saturated heterocycles. The standard InChI is InChI=1S/C10H13N3O2/c1-15-8-4-2-3-7(10(8)14)5-13-6-9(11)12/h2-5,14H,6H2,1H3,(H3,11,12). The van der Waals surface area contributed by atoms with Crippen LogP contribution in [0.1, 0.15) is 5.56 Å². The molecule has 0 unspecified atom stereocenters. The van der Waals surface area contributed by atoms with Crippen LogP contribution in [0.3, 0.4) is 0 Å². The monoisotopic (exact) mass is 207 g/mol. The van der Waals surface area contributed by atoms with Gasteiger partial charge in [-0.15, -0.1) is 0 Å². The van der Waals surface area contributed by atoms with Gasteiger partial charge < -0.3 is 15.6 Å². The number of aliphatic imine (C=N–C) groups is 1. The number of rotatable bonds is 4. The molecule has 4 N–H and O–H groups in total. The van der Waals surface area contributed by atoms with Crippen LogP contribution in [-0.4, -0.2) is 30.8 Å². The van der Waals surface area contributed by atoms with Crippen molar-refractivity contribution in [2.24, 2.45) is 10.7 Å². The molecule has 0 spiro atoms. The minimum absolute atomic E-state index is 0.0198. The van der Waals surface area contributed by atoms with Crippen molar-refractivity contribution < 1.29 is 9.84 Å². The molecule has 0 saturated carbocycles. The van der Waals surface area contributed by atoms with Crippen LogP contribution in [-0.2, 0) is 0 Å². The Kier molecular flexibility index (Phi) is 3.68. The number of nitrogens with two attached hydrogens (primary N) is 1. The fourth-order valence-corrected chi connectivity index (χ4v) is 1.05. The van der Waals surface area contributed by atoms with Crippen molar-refractivity contribution in [2.75, 3.05) is 13.7 Å². The molecule has 0 bridgehead atoms. The number of aromatic hydroxyl groups is 1. The Bertz CT molecular complexity index is 388. The number of hydrogen-bond acceptors (Lipinski definition) is 4. The highest BCUT2D eigenvalue weighted by atomic mass is 16.5. The maximum atomic E-state index is 9.65. The summed E-state index contributed by atoms with van der Waals surface area (Å²) in [5.41, 5.74) is 5.67. The molecule has 0 radical (unpaired) electrons. The molecule has 1 aromatic carbocycles. The van der Waals surface area contributed by atoms with Crippen molar-refractivity contribution in [1.82, 2.24) is 0 Å². The topological polar surface area (TPSA) is 91.7 Å². The molecule has 0 amide bonds. The lowest BCUT2D eigenvalue weighted by molar-refractivity contribution is 0.373. The molecule has 0 heterocycles. The van der Waals surface area contributed by atoms with E-state index in [-0.39, 0.29) is 18.1 Å². The summed E-state index contributed by atoms with van der Waals surface area (Å²) in [4.78, 5) is 3.89. The van der Waals surface area contributed by atoms with E-state index in [4.69, 9.17) is 15.9 Å². The molecule has 1 aromatic rings. The second kappa shape index (κ2) is 4.99. The Morgan fingerprint density at radius 3 is 3.00 bits per heavy atom. The van der Waals surface area contributed by atoms with E-state index in [2.05, 4.69) is 4.99 Å². The number of phenolic OH excluding ortho intramolecular Hbond substituents is 1. The van der Waals surface area contributed by atoms with Crippen LogP contribution in [0.5, 0.6) is 11.5 Å². The number of hydrogen-bond donors (Lipinski definition) is 3. The average molecular weight is 207 g/mol. The van der Waals surface area contributed by atoms with Gasteiger partial charge >= 0.3 is 0 Å². The van der Waals surface area contributed by atoms with Gasteiger partial charge in [0.15, 0.2) is 11.5 Å². The zero-order valence-corrected chi connectivity index (χ0v) is 8.40. The molecule has 0 fully saturated rings. The van der Waals surface area contributed by atoms with Crippen molar-refractivity contribution in [2.45, 2.75) is 0 Å². The molecular weight excluding hydrogens is 194 g/mol. The maximum Gasteiger partial charge on any atom is 0.166 e. The van der Waals surface area contributed by atoms with Crippen molar-refractivity contribution >= 4 is 12.1 Å². The fraction of sp³-hybridized carbons (Fsp3) is 0.200. The van der Waals surface area contributed by atoms with Gasteiger partial charge in [-0.1, -0.05) is 6.07 Å². The molecular formula is C10H13N3O2. The molecule has 1 rings (SSSR count). The predicted molar refractivity (Wildman–Crippen MR) is 59.0 cm³/mol. The second-order valence-electron chi connectivity index (χ2n) is 2.89. The van der Waals surface area contributed by atoms with Gasteiger partial charge in [0.1, 0.15) is 5.84 Å². The van der Waals surface area contributed by atoms with Gasteiger partial charge in [-0.05, 0) is 12.1 Å². The van der Waals surface area contributed by atoms with E-state index in [1.807, 2.05) is 0 Å². The van der Waals surface area contributed by atoms with Crippen LogP contribution < -0.4 is 10.5 Å². The summed E-state index contributed by atoms with van der Waals surface area (Å²) in [6.45, 7) is 0.122. The fourth-order valence-electron chi connectivity index (χ4n) is 1.05. The quantitative estimate of drug-likeness (QED) is 0.502. The highest BCUT2D eigenvalue weighted by molar-refractivity contribution is 5.87. The number of ether oxygens (including phenoxy) is 1. The summed E-state index contributed by atoms with van der Waals surface area (Å²) in [6.07, 6.45) is 1.46. The van der Waals surface area contributed by atoms with Crippen LogP contribution in [0.2, 0.25) is 0 Å². The Labute approximate surface area is 87.7 Å². The number of phenols is 1. The number of para-hydroxylation sites is 1. The summed E-state index contributed by atoms with van der Waals surface area (Å²) < 4.78 is 4.93. The zero-order chi connectivity index (χ0) is 11.3. The summed E-state index contributed by atoms with van der Waals surface area (Å²) in [7, 11) is 1.48. The largest absolute Gasteiger partial charge is 0.504 e. The number of nitrogens with one attached hydrogen (secondary N) is 1. The SMILES string of the molecule is COc1cccc(C=NCC(=N)N)c1O. The predicted octanol–water partition coefficient (Wildman–Crippen LogP) is 0.756. The molecule has 0 aliphatic rings. The molecule has 5 nitrogen and oxygen atoms in total. The Balaban J connectivity index is 2.85. The lowest BCUT2D eigenvalue weighted by Crippen LogP contribution is -2.13. The number of amidine groups is 1. The lowest BCUT2D eigenvalue weighted by atomic mass is 10.2. The van der Waals surface area contributed by atoms with E-state index in [1.54, 1.807) is 18.2 Å². The van der Waals surface area contributed by atoms with E-state index >= 15 is 0 Å². The molecule has 15 heavy (non-hydrogen) atoms. The minimum atomic E-state index is -0.0198. The summed E-state index contributed by atoms with van der Waals surface area (Å²) in [6, 6.07) is 5.09. The number of nitrogens with zero attached hydrogens (tertiary/aromatic N) is 1. The highest BCUT2D eigenvalue weighted by Crippen LogP contribution is 2.27. The van der Waals surface area contributed by atoms with Crippen molar-refractivity contribution in [3.63, 3.8) is 0 Å². The summed E-state index contributed by atoms with van der Waals surface area (Å²) >= 11 is 0. The Hall–Kier alpha value is -2.04. The second-order valence-corrected chi connectivity index (χ2v) is 2.89. The maximum absolute atomic E-state index is 9.65. The lowest BCUT2D eigenvalue weighted by Gasteiger charge is -2.04. The van der Waals surface area contributed by atoms with Crippen LogP contribution in [0.25, 0.3) is 0 Å². The first-order valence-corrected chi connectivity index (χ1v) is 4.34. The Morgan fingerprint density at radius 2 is 2.40 bits per heavy atom. The van der Waals surface area contributed by atoms with Gasteiger partial charge in [-0.25, -0.2) is 0 Å². The summed E-state index contributed by atoms with van der Waals surface area (Å²) in [5, 5.41) is 16.6. The Morgan fingerprint density at radius 1 is 1.67 bits per heavy atom. The number of methoxy groups -OCH3 is 1. The van der Waals surface area contributed by atoms with E-state index < -0.39 is 0 Å². The van der Waals surface area contributed by atoms with Gasteiger partial charge in [0.05, 0.1) is 13.7 Å². The molecule has 0 aliphatic heterocycles. The smallest absolute Gasteiger partial charge is 0.166 e. The summed E-state index contributed by atoms with van der Waals surface area (Å²) in [5.74, 6) is 0.405. The third-order valence-corrected chi connectivity index (χ3v) is 1.74. The highest BCUT2D eigenvalue weighted by Gasteiger charge is 2.04. The van der Waals surface area contributed by atoms with Crippen molar-refractivity contribution in [3.05, 3.63) is 23.8 Å². The van der Waals surface area contributed by atoms with Crippen LogP contribution in [0.15, 0.2) is 23.2 Å². The first-order valence-electron chi connectivity index (χ1n) is 4.34. The van der Waals surface area contributed by atoms with Gasteiger partial charge in [-0.2, -0.15) is 0 Å². The normalized spacial score (nSPS) is 10.5. The van der Waals surface area contributed by atoms with E-state index in [1.165, 1.54) is 13.3 Å². The third-order valence-electron chi connectivity index (χ3n) is 1.74. The first-order chi connectivity index (χ1) is 7.15. The van der Waals surface area contributed by atoms with Crippen molar-refractivity contribution in [3.8, 4) is 11.5 Å². The molecule has 0 atom stereocenters. The van der Waals surface area contributed by atoms with E-state index in [9.17, 15) is 5.11 Å². The molecule has 80 valence electrons. The van der Waals surface area contributed by atoms with Crippen molar-refractivity contribution in [1.29, 1.82) is 5.41 Å². The van der Waals surface area contributed by atoms with Gasteiger partial charge in [0, 0.05) is 11.8 Å². The van der Waals surface area contributed by atoms with E-state index in [0.29, 0.717) is 11.3 Å². The third kappa shape index (κ3) is 2.98. The zero-order valence-electron chi connectivity index (χ0n) is 8.40. The van der Waals surface area contributed by atoms with Gasteiger partial charge in [0.25, 0.3) is 0 Å².